The quantitative estimate of drug-likeness (QED) is 0.821. The first-order chi connectivity index (χ1) is 9.90. The fraction of sp³-hybridized carbons (Fsp3) is 0.600. The maximum Gasteiger partial charge on any atom is 0.241 e. The van der Waals surface area contributed by atoms with Gasteiger partial charge in [-0.05, 0) is 64.1 Å². The van der Waals surface area contributed by atoms with Crippen molar-refractivity contribution in [2.24, 2.45) is 0 Å². The van der Waals surface area contributed by atoms with Crippen LogP contribution in [0.5, 0.6) is 0 Å². The molecule has 0 saturated carbocycles. The van der Waals surface area contributed by atoms with Crippen molar-refractivity contribution in [1.82, 2.24) is 14.9 Å². The van der Waals surface area contributed by atoms with Gasteiger partial charge in [0.25, 0.3) is 0 Å². The van der Waals surface area contributed by atoms with E-state index in [9.17, 15) is 8.42 Å². The standard InChI is InChI=1S/C15H25N3O2S/c1-12(8-10-18(2)3)17-21(19,20)15-6-4-5-13-11-16-9-7-14(13)15/h4-6,12,16-17H,7-11H2,1-3H3. The molecule has 0 amide bonds. The molecule has 0 radical (unpaired) electrons. The van der Waals surface area contributed by atoms with E-state index in [1.807, 2.05) is 33.2 Å². The van der Waals surface area contributed by atoms with Crippen LogP contribution in [0, 0.1) is 0 Å². The fourth-order valence-corrected chi connectivity index (χ4v) is 4.18. The highest BCUT2D eigenvalue weighted by Crippen LogP contribution is 2.23. The molecule has 2 rings (SSSR count). The van der Waals surface area contributed by atoms with Gasteiger partial charge in [-0.25, -0.2) is 13.1 Å². The molecule has 0 bridgehead atoms. The molecular formula is C15H25N3O2S. The molecule has 1 aliphatic rings. The zero-order chi connectivity index (χ0) is 15.5. The Bertz CT molecular complexity index is 585. The Labute approximate surface area is 127 Å². The predicted molar refractivity (Wildman–Crippen MR) is 84.8 cm³/mol. The van der Waals surface area contributed by atoms with E-state index in [1.165, 1.54) is 0 Å². The number of hydrogen-bond donors (Lipinski definition) is 2. The van der Waals surface area contributed by atoms with E-state index in [2.05, 4.69) is 14.9 Å². The van der Waals surface area contributed by atoms with Crippen LogP contribution < -0.4 is 10.0 Å². The summed E-state index contributed by atoms with van der Waals surface area (Å²) in [6.07, 6.45) is 1.56. The number of fused-ring (bicyclic) bond motifs is 1. The average molecular weight is 311 g/mol. The summed E-state index contributed by atoms with van der Waals surface area (Å²) in [5.74, 6) is 0. The molecule has 2 N–H and O–H groups in total. The summed E-state index contributed by atoms with van der Waals surface area (Å²) < 4.78 is 28.0. The minimum absolute atomic E-state index is 0.0741. The van der Waals surface area contributed by atoms with E-state index < -0.39 is 10.0 Å². The van der Waals surface area contributed by atoms with Gasteiger partial charge >= 0.3 is 0 Å². The molecular weight excluding hydrogens is 286 g/mol. The van der Waals surface area contributed by atoms with E-state index >= 15 is 0 Å². The van der Waals surface area contributed by atoms with Gasteiger partial charge < -0.3 is 10.2 Å². The van der Waals surface area contributed by atoms with Gasteiger partial charge in [-0.2, -0.15) is 0 Å². The first kappa shape index (κ1) is 16.4. The normalized spacial score (nSPS) is 16.8. The molecule has 1 unspecified atom stereocenters. The summed E-state index contributed by atoms with van der Waals surface area (Å²) >= 11 is 0. The molecule has 0 saturated heterocycles. The van der Waals surface area contributed by atoms with E-state index in [0.29, 0.717) is 4.90 Å². The zero-order valence-corrected chi connectivity index (χ0v) is 13.8. The topological polar surface area (TPSA) is 61.4 Å². The van der Waals surface area contributed by atoms with E-state index in [4.69, 9.17) is 0 Å². The van der Waals surface area contributed by atoms with Crippen LogP contribution in [0.4, 0.5) is 0 Å². The lowest BCUT2D eigenvalue weighted by Crippen LogP contribution is -2.36. The third-order valence-corrected chi connectivity index (χ3v) is 5.43. The van der Waals surface area contributed by atoms with E-state index in [0.717, 1.165) is 43.6 Å². The van der Waals surface area contributed by atoms with Crippen molar-refractivity contribution >= 4 is 10.0 Å². The fourth-order valence-electron chi connectivity index (χ4n) is 2.59. The summed E-state index contributed by atoms with van der Waals surface area (Å²) in [4.78, 5) is 2.50. The Morgan fingerprint density at radius 2 is 2.14 bits per heavy atom. The van der Waals surface area contributed by atoms with Crippen molar-refractivity contribution in [3.63, 3.8) is 0 Å². The Morgan fingerprint density at radius 1 is 1.38 bits per heavy atom. The number of rotatable bonds is 6. The van der Waals surface area contributed by atoms with E-state index in [1.54, 1.807) is 6.07 Å². The Balaban J connectivity index is 2.16. The van der Waals surface area contributed by atoms with Crippen LogP contribution in [0.25, 0.3) is 0 Å². The monoisotopic (exact) mass is 311 g/mol. The number of sulfonamides is 1. The third kappa shape index (κ3) is 4.26. The van der Waals surface area contributed by atoms with Gasteiger partial charge in [-0.15, -0.1) is 0 Å². The molecule has 1 atom stereocenters. The Hall–Kier alpha value is -0.950. The highest BCUT2D eigenvalue weighted by Gasteiger charge is 2.23. The van der Waals surface area contributed by atoms with Crippen LogP contribution in [-0.4, -0.2) is 46.5 Å². The van der Waals surface area contributed by atoms with Gasteiger partial charge in [0.1, 0.15) is 0 Å². The Kier molecular flexibility index (Phi) is 5.37. The molecule has 0 spiro atoms. The van der Waals surface area contributed by atoms with Crippen molar-refractivity contribution in [1.29, 1.82) is 0 Å². The molecule has 21 heavy (non-hydrogen) atoms. The zero-order valence-electron chi connectivity index (χ0n) is 13.0. The molecule has 6 heteroatoms. The number of nitrogens with zero attached hydrogens (tertiary/aromatic N) is 1. The minimum Gasteiger partial charge on any atom is -0.312 e. The molecule has 1 heterocycles. The first-order valence-electron chi connectivity index (χ1n) is 7.38. The molecule has 118 valence electrons. The average Bonchev–Trinajstić information content (AvgIpc) is 2.44. The lowest BCUT2D eigenvalue weighted by atomic mass is 10.0. The van der Waals surface area contributed by atoms with Crippen LogP contribution >= 0.6 is 0 Å². The second-order valence-electron chi connectivity index (χ2n) is 5.93. The molecule has 1 aliphatic heterocycles. The summed E-state index contributed by atoms with van der Waals surface area (Å²) in [6.45, 7) is 4.35. The van der Waals surface area contributed by atoms with Gasteiger partial charge in [0.15, 0.2) is 0 Å². The van der Waals surface area contributed by atoms with Gasteiger partial charge in [0.05, 0.1) is 4.90 Å². The van der Waals surface area contributed by atoms with Crippen molar-refractivity contribution in [3.05, 3.63) is 29.3 Å². The highest BCUT2D eigenvalue weighted by atomic mass is 32.2. The largest absolute Gasteiger partial charge is 0.312 e. The van der Waals surface area contributed by atoms with Crippen LogP contribution in [0.2, 0.25) is 0 Å². The smallest absolute Gasteiger partial charge is 0.241 e. The maximum atomic E-state index is 12.6. The molecule has 5 nitrogen and oxygen atoms in total. The van der Waals surface area contributed by atoms with Gasteiger partial charge in [-0.1, -0.05) is 12.1 Å². The van der Waals surface area contributed by atoms with E-state index in [-0.39, 0.29) is 6.04 Å². The van der Waals surface area contributed by atoms with Crippen LogP contribution in [0.1, 0.15) is 24.5 Å². The molecule has 1 aromatic rings. The Morgan fingerprint density at radius 3 is 2.86 bits per heavy atom. The van der Waals surface area contributed by atoms with Gasteiger partial charge in [0.2, 0.25) is 10.0 Å². The SMILES string of the molecule is CC(CCN(C)C)NS(=O)(=O)c1cccc2c1CCNC2. The third-order valence-electron chi connectivity index (χ3n) is 3.75. The minimum atomic E-state index is -3.45. The summed E-state index contributed by atoms with van der Waals surface area (Å²) in [6, 6.07) is 5.46. The van der Waals surface area contributed by atoms with Gasteiger partial charge in [-0.3, -0.25) is 0 Å². The van der Waals surface area contributed by atoms with Crippen LogP contribution in [0.15, 0.2) is 23.1 Å². The lowest BCUT2D eigenvalue weighted by Gasteiger charge is -2.22. The number of hydrogen-bond acceptors (Lipinski definition) is 4. The van der Waals surface area contributed by atoms with Crippen molar-refractivity contribution in [3.8, 4) is 0 Å². The first-order valence-corrected chi connectivity index (χ1v) is 8.87. The summed E-state index contributed by atoms with van der Waals surface area (Å²) in [7, 11) is 0.531. The van der Waals surface area contributed by atoms with Crippen LogP contribution in [-0.2, 0) is 23.0 Å². The van der Waals surface area contributed by atoms with Crippen LogP contribution in [0.3, 0.4) is 0 Å². The molecule has 0 aliphatic carbocycles. The second-order valence-corrected chi connectivity index (χ2v) is 7.62. The van der Waals surface area contributed by atoms with Crippen molar-refractivity contribution in [2.75, 3.05) is 27.2 Å². The van der Waals surface area contributed by atoms with Crippen molar-refractivity contribution in [2.45, 2.75) is 37.2 Å². The molecule has 0 aromatic heterocycles. The highest BCUT2D eigenvalue weighted by molar-refractivity contribution is 7.89. The summed E-state index contributed by atoms with van der Waals surface area (Å²) in [5.41, 5.74) is 2.05. The molecule has 0 fully saturated rings. The summed E-state index contributed by atoms with van der Waals surface area (Å²) in [5, 5.41) is 3.27. The maximum absolute atomic E-state index is 12.6. The second kappa shape index (κ2) is 6.87. The predicted octanol–water partition coefficient (Wildman–Crippen LogP) is 0.951. The number of nitrogens with one attached hydrogen (secondary N) is 2. The van der Waals surface area contributed by atoms with Gasteiger partial charge in [0, 0.05) is 12.6 Å². The van der Waals surface area contributed by atoms with Crippen molar-refractivity contribution < 1.29 is 8.42 Å². The molecule has 1 aromatic carbocycles. The lowest BCUT2D eigenvalue weighted by molar-refractivity contribution is 0.379. The number of benzene rings is 1.